The Kier molecular flexibility index (Phi) is 2.31. The lowest BCUT2D eigenvalue weighted by Crippen LogP contribution is -2.29. The van der Waals surface area contributed by atoms with Gasteiger partial charge in [-0.3, -0.25) is 0 Å². The molecule has 0 saturated heterocycles. The zero-order valence-corrected chi connectivity index (χ0v) is 5.74. The molecule has 0 heterocycles. The topological polar surface area (TPSA) is 80.3 Å². The van der Waals surface area contributed by atoms with E-state index in [0.29, 0.717) is 0 Å². The minimum absolute atomic E-state index is 0.958. The van der Waals surface area contributed by atoms with Gasteiger partial charge in [-0.25, -0.2) is 16.8 Å². The fourth-order valence-electron chi connectivity index (χ4n) is 0.162. The van der Waals surface area contributed by atoms with E-state index in [0.717, 1.165) is 4.13 Å². The first-order valence-electron chi connectivity index (χ1n) is 1.55. The summed E-state index contributed by atoms with van der Waals surface area (Å²) in [6.07, 6.45) is 0. The van der Waals surface area contributed by atoms with Gasteiger partial charge in [0, 0.05) is 0 Å². The average molecular weight is 165 g/mol. The molecule has 0 aliphatic heterocycles. The van der Waals surface area contributed by atoms with E-state index < -0.39 is 19.7 Å². The molecule has 0 fully saturated rings. The van der Waals surface area contributed by atoms with Crippen molar-refractivity contribution in [1.29, 1.82) is 0 Å². The second-order valence-corrected chi connectivity index (χ2v) is 4.02. The molecule has 5 nitrogen and oxygen atoms in total. The molecule has 0 rings (SSSR count). The molecule has 0 aliphatic rings. The molecule has 0 amide bonds. The van der Waals surface area contributed by atoms with Crippen molar-refractivity contribution in [2.75, 3.05) is 0 Å². The third-order valence-corrected chi connectivity index (χ3v) is 2.09. The normalized spacial score (nSPS) is 13.3. The number of hydrogen-bond donors (Lipinski definition) is 1. The molecule has 0 spiro atoms. The summed E-state index contributed by atoms with van der Waals surface area (Å²) in [6.45, 7) is 0. The zero-order chi connectivity index (χ0) is 7.71. The summed E-state index contributed by atoms with van der Waals surface area (Å²) >= 11 is 0. The van der Waals surface area contributed by atoms with Gasteiger partial charge in [-0.2, -0.15) is 0 Å². The predicted molar refractivity (Wildman–Crippen MR) is 32.5 cm³/mol. The first-order chi connectivity index (χ1) is 3.71. The van der Waals surface area contributed by atoms with Crippen molar-refractivity contribution in [1.82, 2.24) is 4.13 Å². The third kappa shape index (κ3) is 7.99. The zero-order valence-electron chi connectivity index (χ0n) is 4.10. The Labute approximate surface area is 55.5 Å². The van der Waals surface area contributed by atoms with Crippen molar-refractivity contribution < 1.29 is 16.8 Å². The Morgan fingerprint density at radius 2 is 1.11 bits per heavy atom. The molecule has 9 heavy (non-hydrogen) atoms. The quantitative estimate of drug-likeness (QED) is 0.454. The minimum Gasteiger partial charge on any atom is -0.226 e. The Balaban J connectivity index is 4.46. The highest BCUT2D eigenvalue weighted by atomic mass is 32.3. The van der Waals surface area contributed by atoms with Gasteiger partial charge >= 0.3 is 0 Å². The Bertz CT molecular complexity index is 242. The van der Waals surface area contributed by atoms with Crippen LogP contribution in [0.5, 0.6) is 0 Å². The van der Waals surface area contributed by atoms with Crippen LogP contribution in [0.1, 0.15) is 0 Å². The van der Waals surface area contributed by atoms with Crippen LogP contribution in [-0.4, -0.2) is 31.1 Å². The summed E-state index contributed by atoms with van der Waals surface area (Å²) in [4.78, 5) is 0. The highest BCUT2D eigenvalue weighted by molar-refractivity contribution is 8.24. The number of hydrogen-bond acceptors (Lipinski definition) is 4. The molecule has 1 N–H and O–H groups in total. The fraction of sp³-hybridized carbons (Fsp3) is 0. The van der Waals surface area contributed by atoms with Gasteiger partial charge in [0.1, 0.15) is 0 Å². The SMILES string of the molecule is [B]S(=O)(=O)NS([B])(=O)=O. The van der Waals surface area contributed by atoms with Gasteiger partial charge in [-0.1, -0.05) is 0 Å². The summed E-state index contributed by atoms with van der Waals surface area (Å²) in [5, 5.41) is 0. The second-order valence-electron chi connectivity index (χ2n) is 1.17. The van der Waals surface area contributed by atoms with E-state index >= 15 is 0 Å². The summed E-state index contributed by atoms with van der Waals surface area (Å²) in [5.74, 6) is 0. The van der Waals surface area contributed by atoms with Gasteiger partial charge in [0.05, 0.1) is 0 Å². The van der Waals surface area contributed by atoms with Crippen LogP contribution in [0.4, 0.5) is 0 Å². The van der Waals surface area contributed by atoms with Crippen LogP contribution < -0.4 is 4.13 Å². The van der Waals surface area contributed by atoms with E-state index in [4.69, 9.17) is 0 Å². The van der Waals surface area contributed by atoms with Crippen LogP contribution in [0.3, 0.4) is 0 Å². The molecule has 0 aromatic heterocycles. The molecule has 9 heteroatoms. The molecule has 0 aliphatic carbocycles. The van der Waals surface area contributed by atoms with E-state index in [1.54, 1.807) is 0 Å². The Morgan fingerprint density at radius 1 is 0.889 bits per heavy atom. The monoisotopic (exact) mass is 165 g/mol. The lowest BCUT2D eigenvalue weighted by molar-refractivity contribution is 0.593. The van der Waals surface area contributed by atoms with Crippen LogP contribution in [-0.2, 0) is 19.7 Å². The van der Waals surface area contributed by atoms with Crippen LogP contribution in [0.2, 0.25) is 0 Å². The van der Waals surface area contributed by atoms with Crippen molar-refractivity contribution in [2.24, 2.45) is 0 Å². The molecule has 4 radical (unpaired) electrons. The first kappa shape index (κ1) is 8.99. The molecule has 0 atom stereocenters. The molecular formula is HB2NO4S2. The van der Waals surface area contributed by atoms with Gasteiger partial charge in [0.25, 0.3) is 14.2 Å². The highest BCUT2D eigenvalue weighted by Gasteiger charge is 2.07. The molecular weight excluding hydrogens is 164 g/mol. The third-order valence-electron chi connectivity index (χ3n) is 0.232. The smallest absolute Gasteiger partial charge is 0.226 e. The van der Waals surface area contributed by atoms with Gasteiger partial charge in [0.15, 0.2) is 19.7 Å². The maximum Gasteiger partial charge on any atom is 0.279 e. The van der Waals surface area contributed by atoms with Gasteiger partial charge in [-0.15, -0.1) is 4.13 Å². The second kappa shape index (κ2) is 2.31. The Hall–Kier alpha value is -0.0101. The maximum absolute atomic E-state index is 9.85. The van der Waals surface area contributed by atoms with E-state index in [9.17, 15) is 16.8 Å². The minimum atomic E-state index is -4.24. The van der Waals surface area contributed by atoms with Crippen molar-refractivity contribution in [3.8, 4) is 0 Å². The van der Waals surface area contributed by atoms with E-state index in [2.05, 4.69) is 14.2 Å². The summed E-state index contributed by atoms with van der Waals surface area (Å²) in [7, 11) is -0.0425. The number of nitrogens with one attached hydrogen (secondary N) is 1. The van der Waals surface area contributed by atoms with E-state index in [-0.39, 0.29) is 0 Å². The maximum atomic E-state index is 9.85. The molecule has 0 unspecified atom stereocenters. The number of rotatable bonds is 2. The van der Waals surface area contributed by atoms with Crippen LogP contribution in [0.15, 0.2) is 0 Å². The van der Waals surface area contributed by atoms with Crippen LogP contribution in [0, 0.1) is 0 Å². The standard InChI is InChI=1S/B2HNO4S2/c1-8(4,5)3-9(2,6)7/h3H. The van der Waals surface area contributed by atoms with Crippen LogP contribution in [0.25, 0.3) is 0 Å². The summed E-state index contributed by atoms with van der Waals surface area (Å²) in [5.41, 5.74) is 0. The molecule has 0 aromatic rings. The summed E-state index contributed by atoms with van der Waals surface area (Å²) in [6, 6.07) is 0. The fourth-order valence-corrected chi connectivity index (χ4v) is 1.46. The van der Waals surface area contributed by atoms with E-state index in [1.165, 1.54) is 0 Å². The molecule has 0 aromatic carbocycles. The molecule has 0 bridgehead atoms. The van der Waals surface area contributed by atoms with Crippen molar-refractivity contribution >= 4 is 34.0 Å². The van der Waals surface area contributed by atoms with Crippen LogP contribution >= 0.6 is 0 Å². The molecule has 48 valence electrons. The average Bonchev–Trinajstić information content (AvgIpc) is 1.14. The van der Waals surface area contributed by atoms with Gasteiger partial charge < -0.3 is 0 Å². The predicted octanol–water partition coefficient (Wildman–Crippen LogP) is -2.60. The summed E-state index contributed by atoms with van der Waals surface area (Å²) < 4.78 is 40.4. The highest BCUT2D eigenvalue weighted by Crippen LogP contribution is 1.76. The molecule has 0 saturated carbocycles. The van der Waals surface area contributed by atoms with Crippen molar-refractivity contribution in [3.63, 3.8) is 0 Å². The lowest BCUT2D eigenvalue weighted by Gasteiger charge is -1.96. The van der Waals surface area contributed by atoms with Gasteiger partial charge in [-0.05, 0) is 0 Å². The van der Waals surface area contributed by atoms with E-state index in [1.807, 2.05) is 0 Å². The Morgan fingerprint density at radius 3 is 1.11 bits per heavy atom. The van der Waals surface area contributed by atoms with Crippen molar-refractivity contribution in [2.45, 2.75) is 0 Å². The largest absolute Gasteiger partial charge is 0.279 e. The van der Waals surface area contributed by atoms with Crippen molar-refractivity contribution in [3.05, 3.63) is 0 Å². The first-order valence-corrected chi connectivity index (χ1v) is 4.64. The van der Waals surface area contributed by atoms with Gasteiger partial charge in [0.2, 0.25) is 0 Å². The lowest BCUT2D eigenvalue weighted by atomic mass is 10.8.